The Labute approximate surface area is 209 Å². The van der Waals surface area contributed by atoms with Crippen LogP contribution in [0.5, 0.6) is 11.5 Å². The number of ether oxygens (including phenoxy) is 2. The molecule has 0 radical (unpaired) electrons. The molecule has 182 valence electrons. The monoisotopic (exact) mass is 493 g/mol. The molecule has 1 fully saturated rings. The largest absolute Gasteiger partial charge is 0.493 e. The molecule has 0 aliphatic carbocycles. The summed E-state index contributed by atoms with van der Waals surface area (Å²) in [5, 5.41) is 3.57. The predicted molar refractivity (Wildman–Crippen MR) is 138 cm³/mol. The molecule has 3 N–H and O–H groups in total. The number of anilines is 2. The van der Waals surface area contributed by atoms with Gasteiger partial charge in [-0.25, -0.2) is 0 Å². The first-order chi connectivity index (χ1) is 17.0. The molecule has 2 amide bonds. The number of methoxy groups -OCH3 is 1. The first kappa shape index (κ1) is 24.4. The average molecular weight is 494 g/mol. The molecule has 0 saturated carbocycles. The van der Waals surface area contributed by atoms with Crippen LogP contribution in [0.25, 0.3) is 0 Å². The van der Waals surface area contributed by atoms with Gasteiger partial charge in [0, 0.05) is 34.8 Å². The molecule has 1 aliphatic rings. The lowest BCUT2D eigenvalue weighted by Crippen LogP contribution is -2.30. The van der Waals surface area contributed by atoms with Crippen LogP contribution in [-0.4, -0.2) is 32.0 Å². The molecule has 7 nitrogen and oxygen atoms in total. The van der Waals surface area contributed by atoms with E-state index in [4.69, 9.17) is 26.8 Å². The van der Waals surface area contributed by atoms with E-state index in [1.807, 2.05) is 24.3 Å². The molecule has 0 aromatic heterocycles. The lowest BCUT2D eigenvalue weighted by atomic mass is 10.1. The van der Waals surface area contributed by atoms with Gasteiger partial charge in [0.15, 0.2) is 11.5 Å². The Morgan fingerprint density at radius 3 is 2.43 bits per heavy atom. The number of nitrogens with one attached hydrogen (secondary N) is 1. The van der Waals surface area contributed by atoms with Gasteiger partial charge in [-0.2, -0.15) is 0 Å². The zero-order valence-electron chi connectivity index (χ0n) is 19.6. The summed E-state index contributed by atoms with van der Waals surface area (Å²) in [6.07, 6.45) is 3.35. The first-order valence-corrected chi connectivity index (χ1v) is 11.9. The minimum Gasteiger partial charge on any atom is -0.493 e. The Kier molecular flexibility index (Phi) is 7.77. The second-order valence-electron chi connectivity index (χ2n) is 8.34. The maximum absolute atomic E-state index is 13.2. The third-order valence-corrected chi connectivity index (χ3v) is 6.36. The molecule has 0 atom stereocenters. The third kappa shape index (κ3) is 5.87. The Morgan fingerprint density at radius 2 is 1.71 bits per heavy atom. The highest BCUT2D eigenvalue weighted by Gasteiger charge is 2.19. The van der Waals surface area contributed by atoms with Crippen molar-refractivity contribution in [2.75, 3.05) is 30.4 Å². The summed E-state index contributed by atoms with van der Waals surface area (Å²) in [6.45, 7) is 2.05. The average Bonchev–Trinajstić information content (AvgIpc) is 2.88. The summed E-state index contributed by atoms with van der Waals surface area (Å²) in [5.74, 6) is 0.0359. The number of nitrogens with two attached hydrogens (primary N) is 1. The highest BCUT2D eigenvalue weighted by atomic mass is 35.5. The number of primary amides is 1. The minimum absolute atomic E-state index is 0.265. The van der Waals surface area contributed by atoms with Crippen molar-refractivity contribution >= 4 is 34.8 Å². The number of hydrogen-bond donors (Lipinski definition) is 2. The summed E-state index contributed by atoms with van der Waals surface area (Å²) < 4.78 is 11.4. The molecular weight excluding hydrogens is 466 g/mol. The number of nitrogens with zero attached hydrogens (tertiary/aromatic N) is 1. The lowest BCUT2D eigenvalue weighted by molar-refractivity contribution is 0.0996. The van der Waals surface area contributed by atoms with E-state index in [1.54, 1.807) is 36.4 Å². The standard InChI is InChI=1S/C27H28ClN3O4/c1-34-25-16-19(10-12-24(25)35-17-20-7-3-4-8-21(20)28)27(33)30-22-15-18(26(29)32)9-11-23(22)31-13-5-2-6-14-31/h3-4,7-12,15-16H,2,5-6,13-14,17H2,1H3,(H2,29,32)(H,30,33). The number of rotatable bonds is 8. The number of carbonyl (C=O) groups excluding carboxylic acids is 2. The predicted octanol–water partition coefficient (Wildman–Crippen LogP) is 5.27. The van der Waals surface area contributed by atoms with Crippen molar-refractivity contribution in [2.24, 2.45) is 5.73 Å². The minimum atomic E-state index is -0.549. The van der Waals surface area contributed by atoms with Crippen LogP contribution in [0.15, 0.2) is 60.7 Å². The van der Waals surface area contributed by atoms with Crippen molar-refractivity contribution in [1.29, 1.82) is 0 Å². The molecule has 4 rings (SSSR count). The number of carbonyl (C=O) groups is 2. The number of halogens is 1. The van der Waals surface area contributed by atoms with E-state index in [-0.39, 0.29) is 12.5 Å². The highest BCUT2D eigenvalue weighted by Crippen LogP contribution is 2.32. The number of piperidine rings is 1. The molecule has 3 aromatic rings. The van der Waals surface area contributed by atoms with Crippen LogP contribution >= 0.6 is 11.6 Å². The van der Waals surface area contributed by atoms with Gasteiger partial charge in [-0.05, 0) is 61.7 Å². The van der Waals surface area contributed by atoms with Gasteiger partial charge in [0.05, 0.1) is 18.5 Å². The number of hydrogen-bond acceptors (Lipinski definition) is 5. The van der Waals surface area contributed by atoms with Crippen LogP contribution in [0.4, 0.5) is 11.4 Å². The topological polar surface area (TPSA) is 93.9 Å². The van der Waals surface area contributed by atoms with Crippen LogP contribution in [0.3, 0.4) is 0 Å². The lowest BCUT2D eigenvalue weighted by Gasteiger charge is -2.30. The maximum atomic E-state index is 13.2. The van der Waals surface area contributed by atoms with E-state index in [9.17, 15) is 9.59 Å². The van der Waals surface area contributed by atoms with Gasteiger partial charge >= 0.3 is 0 Å². The van der Waals surface area contributed by atoms with Crippen molar-refractivity contribution in [3.05, 3.63) is 82.4 Å². The molecule has 1 heterocycles. The van der Waals surface area contributed by atoms with E-state index in [2.05, 4.69) is 10.2 Å². The van der Waals surface area contributed by atoms with Crippen molar-refractivity contribution in [2.45, 2.75) is 25.9 Å². The van der Waals surface area contributed by atoms with Crippen molar-refractivity contribution in [3.8, 4) is 11.5 Å². The second kappa shape index (κ2) is 11.1. The molecule has 35 heavy (non-hydrogen) atoms. The molecule has 0 spiro atoms. The zero-order chi connectivity index (χ0) is 24.8. The van der Waals surface area contributed by atoms with Crippen molar-refractivity contribution in [3.63, 3.8) is 0 Å². The van der Waals surface area contributed by atoms with E-state index in [0.717, 1.165) is 37.2 Å². The number of amides is 2. The van der Waals surface area contributed by atoms with Crippen LogP contribution < -0.4 is 25.4 Å². The number of benzene rings is 3. The molecular formula is C27H28ClN3O4. The van der Waals surface area contributed by atoms with Crippen molar-refractivity contribution < 1.29 is 19.1 Å². The van der Waals surface area contributed by atoms with Crippen LogP contribution in [0, 0.1) is 0 Å². The molecule has 1 aliphatic heterocycles. The van der Waals surface area contributed by atoms with Gasteiger partial charge in [0.1, 0.15) is 6.61 Å². The summed E-state index contributed by atoms with van der Waals surface area (Å²) >= 11 is 6.21. The van der Waals surface area contributed by atoms with E-state index in [1.165, 1.54) is 13.5 Å². The maximum Gasteiger partial charge on any atom is 0.255 e. The molecule has 0 bridgehead atoms. The summed E-state index contributed by atoms with van der Waals surface area (Å²) in [4.78, 5) is 27.2. The molecule has 3 aromatic carbocycles. The normalized spacial score (nSPS) is 13.3. The van der Waals surface area contributed by atoms with Gasteiger partial charge < -0.3 is 25.4 Å². The molecule has 0 unspecified atom stereocenters. The van der Waals surface area contributed by atoms with Gasteiger partial charge in [-0.1, -0.05) is 29.8 Å². The fraction of sp³-hybridized carbons (Fsp3) is 0.259. The Bertz CT molecular complexity index is 1220. The van der Waals surface area contributed by atoms with Crippen LogP contribution in [0.1, 0.15) is 45.5 Å². The molecule has 1 saturated heterocycles. The summed E-state index contributed by atoms with van der Waals surface area (Å²) in [5.41, 5.74) is 8.47. The first-order valence-electron chi connectivity index (χ1n) is 11.5. The second-order valence-corrected chi connectivity index (χ2v) is 8.75. The van der Waals surface area contributed by atoms with Gasteiger partial charge in [-0.3, -0.25) is 9.59 Å². The van der Waals surface area contributed by atoms with Crippen molar-refractivity contribution in [1.82, 2.24) is 0 Å². The zero-order valence-corrected chi connectivity index (χ0v) is 20.3. The molecule has 8 heteroatoms. The Morgan fingerprint density at radius 1 is 0.971 bits per heavy atom. The SMILES string of the molecule is COc1cc(C(=O)Nc2cc(C(N)=O)ccc2N2CCCCC2)ccc1OCc1ccccc1Cl. The fourth-order valence-electron chi connectivity index (χ4n) is 4.09. The van der Waals surface area contributed by atoms with Gasteiger partial charge in [0.2, 0.25) is 5.91 Å². The van der Waals surface area contributed by atoms with E-state index < -0.39 is 5.91 Å². The fourth-order valence-corrected chi connectivity index (χ4v) is 4.28. The highest BCUT2D eigenvalue weighted by molar-refractivity contribution is 6.31. The van der Waals surface area contributed by atoms with Gasteiger partial charge in [-0.15, -0.1) is 0 Å². The van der Waals surface area contributed by atoms with E-state index in [0.29, 0.717) is 33.3 Å². The van der Waals surface area contributed by atoms with Crippen LogP contribution in [-0.2, 0) is 6.61 Å². The summed E-state index contributed by atoms with van der Waals surface area (Å²) in [7, 11) is 1.52. The van der Waals surface area contributed by atoms with E-state index >= 15 is 0 Å². The third-order valence-electron chi connectivity index (χ3n) is 5.99. The Balaban J connectivity index is 1.55. The smallest absolute Gasteiger partial charge is 0.255 e. The van der Waals surface area contributed by atoms with Crippen LogP contribution in [0.2, 0.25) is 5.02 Å². The summed E-state index contributed by atoms with van der Waals surface area (Å²) in [6, 6.07) is 17.6. The Hall–Kier alpha value is -3.71. The van der Waals surface area contributed by atoms with Gasteiger partial charge in [0.25, 0.3) is 5.91 Å². The quantitative estimate of drug-likeness (QED) is 0.446.